The highest BCUT2D eigenvalue weighted by molar-refractivity contribution is 6.00. The summed E-state index contributed by atoms with van der Waals surface area (Å²) >= 11 is 0. The molecular formula is C25H32N2O5. The highest BCUT2D eigenvalue weighted by Crippen LogP contribution is 2.37. The number of para-hydroxylation sites is 1. The van der Waals surface area contributed by atoms with Gasteiger partial charge in [-0.3, -0.25) is 9.69 Å². The molecule has 7 nitrogen and oxygen atoms in total. The van der Waals surface area contributed by atoms with Crippen LogP contribution in [0.3, 0.4) is 0 Å². The first kappa shape index (κ1) is 22.4. The highest BCUT2D eigenvalue weighted by atomic mass is 16.5. The maximum absolute atomic E-state index is 13.7. The van der Waals surface area contributed by atoms with E-state index in [2.05, 4.69) is 4.90 Å². The second-order valence-corrected chi connectivity index (χ2v) is 8.32. The van der Waals surface area contributed by atoms with Gasteiger partial charge in [-0.15, -0.1) is 0 Å². The lowest BCUT2D eigenvalue weighted by Crippen LogP contribution is -2.59. The van der Waals surface area contributed by atoms with Crippen molar-refractivity contribution in [3.63, 3.8) is 0 Å². The standard InChI is InChI=1S/C25H32N2O5/c1-29-21-16-23(31-3)22(30-2)15-19(21)17-26-13-14-32-25(18-26)11-7-8-12-27(24(25)28)20-9-5-4-6-10-20/h4-6,9-10,15-16H,7-8,11-14,17-18H2,1-3H3. The number of hydrogen-bond donors (Lipinski definition) is 0. The molecule has 1 spiro atoms. The normalized spacial score (nSPS) is 22.0. The number of hydrogen-bond acceptors (Lipinski definition) is 6. The third-order valence-electron chi connectivity index (χ3n) is 6.36. The van der Waals surface area contributed by atoms with Gasteiger partial charge < -0.3 is 23.8 Å². The van der Waals surface area contributed by atoms with Crippen molar-refractivity contribution in [1.82, 2.24) is 4.90 Å². The van der Waals surface area contributed by atoms with Crippen LogP contribution in [-0.2, 0) is 16.1 Å². The summed E-state index contributed by atoms with van der Waals surface area (Å²) in [6.07, 6.45) is 2.66. The maximum Gasteiger partial charge on any atom is 0.260 e. The van der Waals surface area contributed by atoms with E-state index in [1.165, 1.54) is 0 Å². The summed E-state index contributed by atoms with van der Waals surface area (Å²) in [6.45, 7) is 3.17. The average Bonchev–Trinajstić information content (AvgIpc) is 2.98. The molecule has 2 saturated heterocycles. The van der Waals surface area contributed by atoms with Crippen LogP contribution in [-0.4, -0.2) is 64.0 Å². The van der Waals surface area contributed by atoms with Crippen LogP contribution in [0, 0.1) is 0 Å². The summed E-state index contributed by atoms with van der Waals surface area (Å²) in [7, 11) is 4.89. The Balaban J connectivity index is 1.58. The molecule has 0 N–H and O–H groups in total. The van der Waals surface area contributed by atoms with Crippen LogP contribution >= 0.6 is 0 Å². The molecule has 4 rings (SSSR count). The van der Waals surface area contributed by atoms with Gasteiger partial charge >= 0.3 is 0 Å². The van der Waals surface area contributed by atoms with Crippen LogP contribution in [0.1, 0.15) is 24.8 Å². The third-order valence-corrected chi connectivity index (χ3v) is 6.36. The van der Waals surface area contributed by atoms with E-state index in [1.807, 2.05) is 47.4 Å². The lowest BCUT2D eigenvalue weighted by atomic mass is 9.93. The largest absolute Gasteiger partial charge is 0.496 e. The topological polar surface area (TPSA) is 60.5 Å². The maximum atomic E-state index is 13.7. The molecule has 0 aromatic heterocycles. The van der Waals surface area contributed by atoms with E-state index < -0.39 is 5.60 Å². The van der Waals surface area contributed by atoms with E-state index in [-0.39, 0.29) is 5.91 Å². The molecule has 32 heavy (non-hydrogen) atoms. The van der Waals surface area contributed by atoms with Gasteiger partial charge in [0.05, 0.1) is 27.9 Å². The minimum absolute atomic E-state index is 0.0603. The fourth-order valence-electron chi connectivity index (χ4n) is 4.72. The lowest BCUT2D eigenvalue weighted by Gasteiger charge is -2.43. The Labute approximate surface area is 189 Å². The molecule has 0 bridgehead atoms. The Morgan fingerprint density at radius 2 is 1.66 bits per heavy atom. The summed E-state index contributed by atoms with van der Waals surface area (Å²) in [5.74, 6) is 2.09. The molecule has 172 valence electrons. The molecule has 2 fully saturated rings. The number of carbonyl (C=O) groups is 1. The van der Waals surface area contributed by atoms with Crippen molar-refractivity contribution >= 4 is 11.6 Å². The van der Waals surface area contributed by atoms with E-state index in [1.54, 1.807) is 21.3 Å². The van der Waals surface area contributed by atoms with Gasteiger partial charge in [0.1, 0.15) is 5.75 Å². The summed E-state index contributed by atoms with van der Waals surface area (Å²) in [6, 6.07) is 13.7. The highest BCUT2D eigenvalue weighted by Gasteiger charge is 2.47. The van der Waals surface area contributed by atoms with Crippen LogP contribution in [0.2, 0.25) is 0 Å². The molecule has 1 amide bonds. The zero-order valence-corrected chi connectivity index (χ0v) is 19.1. The molecule has 0 aliphatic carbocycles. The van der Waals surface area contributed by atoms with Crippen LogP contribution in [0.4, 0.5) is 5.69 Å². The van der Waals surface area contributed by atoms with Crippen molar-refractivity contribution in [3.8, 4) is 17.2 Å². The molecule has 2 aliphatic heterocycles. The first-order chi connectivity index (χ1) is 15.6. The summed E-state index contributed by atoms with van der Waals surface area (Å²) in [4.78, 5) is 17.9. The van der Waals surface area contributed by atoms with Crippen molar-refractivity contribution < 1.29 is 23.7 Å². The van der Waals surface area contributed by atoms with Gasteiger partial charge in [-0.2, -0.15) is 0 Å². The van der Waals surface area contributed by atoms with Crippen molar-refractivity contribution in [2.45, 2.75) is 31.4 Å². The Hall–Kier alpha value is -2.77. The SMILES string of the molecule is COc1cc(OC)c(OC)cc1CN1CCOC2(CCCCN(c3ccccc3)C2=O)C1. The van der Waals surface area contributed by atoms with Gasteiger partial charge in [-0.1, -0.05) is 18.2 Å². The number of nitrogens with zero attached hydrogens (tertiary/aromatic N) is 2. The number of anilines is 1. The Morgan fingerprint density at radius 1 is 0.938 bits per heavy atom. The van der Waals surface area contributed by atoms with Gasteiger partial charge in [-0.05, 0) is 37.5 Å². The fraction of sp³-hybridized carbons (Fsp3) is 0.480. The second-order valence-electron chi connectivity index (χ2n) is 8.32. The van der Waals surface area contributed by atoms with E-state index >= 15 is 0 Å². The average molecular weight is 441 g/mol. The van der Waals surface area contributed by atoms with Crippen molar-refractivity contribution in [2.24, 2.45) is 0 Å². The van der Waals surface area contributed by atoms with Crippen LogP contribution < -0.4 is 19.1 Å². The number of morpholine rings is 1. The zero-order chi connectivity index (χ0) is 22.6. The number of rotatable bonds is 6. The fourth-order valence-corrected chi connectivity index (χ4v) is 4.72. The summed E-state index contributed by atoms with van der Waals surface area (Å²) in [5.41, 5.74) is 1.10. The molecule has 1 atom stereocenters. The second kappa shape index (κ2) is 9.79. The van der Waals surface area contributed by atoms with E-state index in [4.69, 9.17) is 18.9 Å². The molecule has 2 aromatic rings. The molecular weight excluding hydrogens is 408 g/mol. The Morgan fingerprint density at radius 3 is 2.38 bits per heavy atom. The van der Waals surface area contributed by atoms with E-state index in [9.17, 15) is 4.79 Å². The van der Waals surface area contributed by atoms with Crippen LogP contribution in [0.25, 0.3) is 0 Å². The van der Waals surface area contributed by atoms with Gasteiger partial charge in [0.15, 0.2) is 17.1 Å². The number of amides is 1. The molecule has 1 unspecified atom stereocenters. The quantitative estimate of drug-likeness (QED) is 0.685. The van der Waals surface area contributed by atoms with E-state index in [0.717, 1.165) is 49.4 Å². The number of ether oxygens (including phenoxy) is 4. The summed E-state index contributed by atoms with van der Waals surface area (Å²) in [5, 5.41) is 0. The minimum atomic E-state index is -0.825. The number of carbonyl (C=O) groups excluding carboxylic acids is 1. The lowest BCUT2D eigenvalue weighted by molar-refractivity contribution is -0.158. The Kier molecular flexibility index (Phi) is 6.86. The summed E-state index contributed by atoms with van der Waals surface area (Å²) < 4.78 is 22.8. The van der Waals surface area contributed by atoms with Crippen LogP contribution in [0.5, 0.6) is 17.2 Å². The van der Waals surface area contributed by atoms with Gasteiger partial charge in [0, 0.05) is 43.5 Å². The minimum Gasteiger partial charge on any atom is -0.496 e. The first-order valence-electron chi connectivity index (χ1n) is 11.1. The number of methoxy groups -OCH3 is 3. The van der Waals surface area contributed by atoms with Crippen molar-refractivity contribution in [3.05, 3.63) is 48.0 Å². The number of benzene rings is 2. The predicted molar refractivity (Wildman–Crippen MR) is 123 cm³/mol. The molecule has 2 aromatic carbocycles. The molecule has 2 heterocycles. The Bertz CT molecular complexity index is 935. The third kappa shape index (κ3) is 4.40. The van der Waals surface area contributed by atoms with Gasteiger partial charge in [0.2, 0.25) is 0 Å². The molecule has 0 radical (unpaired) electrons. The van der Waals surface area contributed by atoms with Crippen LogP contribution in [0.15, 0.2) is 42.5 Å². The first-order valence-corrected chi connectivity index (χ1v) is 11.1. The predicted octanol–water partition coefficient (Wildman–Crippen LogP) is 3.50. The zero-order valence-electron chi connectivity index (χ0n) is 19.1. The smallest absolute Gasteiger partial charge is 0.260 e. The van der Waals surface area contributed by atoms with E-state index in [0.29, 0.717) is 31.2 Å². The van der Waals surface area contributed by atoms with Gasteiger partial charge in [0.25, 0.3) is 5.91 Å². The molecule has 7 heteroatoms. The monoisotopic (exact) mass is 440 g/mol. The molecule has 0 saturated carbocycles. The molecule has 2 aliphatic rings. The van der Waals surface area contributed by atoms with Gasteiger partial charge in [-0.25, -0.2) is 0 Å². The van der Waals surface area contributed by atoms with Crippen molar-refractivity contribution in [2.75, 3.05) is 52.5 Å². The van der Waals surface area contributed by atoms with Crippen molar-refractivity contribution in [1.29, 1.82) is 0 Å².